The number of hydroxylamine groups is 1. The van der Waals surface area contributed by atoms with Gasteiger partial charge in [0.2, 0.25) is 0 Å². The number of carbonyl (C=O) groups is 1. The van der Waals surface area contributed by atoms with Crippen LogP contribution in [0.25, 0.3) is 0 Å². The summed E-state index contributed by atoms with van der Waals surface area (Å²) in [7, 11) is 1.62. The zero-order valence-electron chi connectivity index (χ0n) is 20.2. The minimum Gasteiger partial charge on any atom is -0.461 e. The highest BCUT2D eigenvalue weighted by molar-refractivity contribution is 7.90. The number of carbonyl (C=O) groups excluding carboxylic acids is 1. The van der Waals surface area contributed by atoms with Crippen molar-refractivity contribution >= 4 is 18.3 Å². The minimum atomic E-state index is -0.310. The van der Waals surface area contributed by atoms with Crippen LogP contribution in [-0.2, 0) is 38.7 Å². The van der Waals surface area contributed by atoms with E-state index in [2.05, 4.69) is 46.6 Å². The van der Waals surface area contributed by atoms with E-state index in [4.69, 9.17) is 13.3 Å². The van der Waals surface area contributed by atoms with Gasteiger partial charge in [-0.2, -0.15) is 10.6 Å². The van der Waals surface area contributed by atoms with Gasteiger partial charge in [0.1, 0.15) is 5.75 Å². The molecule has 1 aromatic heterocycles. The molecule has 8 nitrogen and oxygen atoms in total. The molecule has 2 aromatic rings. The first-order valence-electron chi connectivity index (χ1n) is 12.3. The van der Waals surface area contributed by atoms with E-state index in [0.29, 0.717) is 30.1 Å². The van der Waals surface area contributed by atoms with Crippen LogP contribution in [-0.4, -0.2) is 29.8 Å². The third kappa shape index (κ3) is 3.82. The van der Waals surface area contributed by atoms with E-state index in [9.17, 15) is 4.79 Å². The quantitative estimate of drug-likeness (QED) is 0.181. The first kappa shape index (κ1) is 23.7. The Morgan fingerprint density at radius 3 is 2.94 bits per heavy atom. The highest BCUT2D eigenvalue weighted by Gasteiger charge is 2.55. The van der Waals surface area contributed by atoms with Crippen molar-refractivity contribution in [1.82, 2.24) is 15.7 Å². The van der Waals surface area contributed by atoms with Crippen molar-refractivity contribution < 1.29 is 23.0 Å². The summed E-state index contributed by atoms with van der Waals surface area (Å²) >= 11 is 0.815. The van der Waals surface area contributed by atoms with Gasteiger partial charge in [-0.25, -0.2) is 4.79 Å². The van der Waals surface area contributed by atoms with Gasteiger partial charge in [-0.05, 0) is 86.0 Å². The molecule has 0 spiro atoms. The Morgan fingerprint density at radius 1 is 1.32 bits per heavy atom. The van der Waals surface area contributed by atoms with Crippen molar-refractivity contribution in [2.24, 2.45) is 11.8 Å². The zero-order valence-corrected chi connectivity index (χ0v) is 21.0. The van der Waals surface area contributed by atoms with Crippen LogP contribution in [0.1, 0.15) is 84.4 Å². The molecule has 5 rings (SSSR count). The molecule has 3 unspecified atom stereocenters. The smallest absolute Gasteiger partial charge is 0.359 e. The molecule has 184 valence electrons. The fourth-order valence-electron chi connectivity index (χ4n) is 6.73. The van der Waals surface area contributed by atoms with E-state index in [1.54, 1.807) is 7.05 Å². The van der Waals surface area contributed by atoms with Crippen LogP contribution in [0.3, 0.4) is 0 Å². The van der Waals surface area contributed by atoms with Gasteiger partial charge < -0.3 is 8.92 Å². The SMILES string of the molecule is CCOC(=O)c1n[nH]c2c1CC1C3CCc4cc(OSOONC)c(CC)cc4C3CC[C@]21C. The maximum Gasteiger partial charge on any atom is 0.359 e. The van der Waals surface area contributed by atoms with Gasteiger partial charge in [-0.1, -0.05) is 19.9 Å². The molecule has 0 aliphatic heterocycles. The van der Waals surface area contributed by atoms with Crippen LogP contribution in [0.2, 0.25) is 0 Å². The van der Waals surface area contributed by atoms with Crippen molar-refractivity contribution in [2.75, 3.05) is 13.7 Å². The van der Waals surface area contributed by atoms with E-state index in [0.717, 1.165) is 67.9 Å². The molecule has 0 amide bonds. The van der Waals surface area contributed by atoms with Gasteiger partial charge in [0.05, 0.1) is 6.61 Å². The van der Waals surface area contributed by atoms with E-state index in [1.165, 1.54) is 16.7 Å². The molecular formula is C25H33N3O5S. The monoisotopic (exact) mass is 487 g/mol. The maximum atomic E-state index is 12.5. The Kier molecular flexibility index (Phi) is 6.63. The summed E-state index contributed by atoms with van der Waals surface area (Å²) in [6.07, 6.45) is 6.16. The summed E-state index contributed by atoms with van der Waals surface area (Å²) < 4.78 is 15.9. The number of rotatable bonds is 8. The lowest BCUT2D eigenvalue weighted by Crippen LogP contribution is -2.43. The van der Waals surface area contributed by atoms with E-state index >= 15 is 0 Å². The number of esters is 1. The number of ether oxygens (including phenoxy) is 1. The first-order valence-corrected chi connectivity index (χ1v) is 12.9. The van der Waals surface area contributed by atoms with Gasteiger partial charge in [0.15, 0.2) is 5.69 Å². The molecule has 1 saturated carbocycles. The third-order valence-corrected chi connectivity index (χ3v) is 8.65. The lowest BCUT2D eigenvalue weighted by Gasteiger charge is -2.49. The fraction of sp³-hybridized carbons (Fsp3) is 0.600. The van der Waals surface area contributed by atoms with Crippen LogP contribution >= 0.6 is 12.3 Å². The van der Waals surface area contributed by atoms with E-state index in [1.807, 2.05) is 6.92 Å². The summed E-state index contributed by atoms with van der Waals surface area (Å²) in [5, 5.41) is 7.60. The molecule has 0 bridgehead atoms. The normalized spacial score (nSPS) is 26.9. The van der Waals surface area contributed by atoms with Gasteiger partial charge in [-0.3, -0.25) is 5.10 Å². The number of benzene rings is 1. The molecule has 9 heteroatoms. The van der Waals surface area contributed by atoms with Gasteiger partial charge in [0, 0.05) is 23.7 Å². The number of nitrogens with zero attached hydrogens (tertiary/aromatic N) is 1. The Labute approximate surface area is 204 Å². The van der Waals surface area contributed by atoms with Crippen molar-refractivity contribution in [3.63, 3.8) is 0 Å². The maximum absolute atomic E-state index is 12.5. The molecule has 1 heterocycles. The standard InChI is InChI=1S/C25H33N3O5S/c1-5-14-11-18-15(12-21(14)31-34-33-32-26-4)7-8-17-16(18)9-10-25(3)20(17)13-19-22(24(29)30-6-2)27-28-23(19)25/h11-12,16-17,20,26H,5-10,13H2,1-4H3,(H,27,28)/t16?,17?,20?,25-/m0/s1. The molecule has 2 N–H and O–H groups in total. The Balaban J connectivity index is 1.41. The van der Waals surface area contributed by atoms with Crippen LogP contribution in [0.4, 0.5) is 0 Å². The highest BCUT2D eigenvalue weighted by atomic mass is 32.2. The Hall–Kier alpha value is -2.07. The fourth-order valence-corrected chi connectivity index (χ4v) is 7.08. The van der Waals surface area contributed by atoms with E-state index in [-0.39, 0.29) is 11.4 Å². The molecule has 4 atom stereocenters. The summed E-state index contributed by atoms with van der Waals surface area (Å²) in [6, 6.07) is 4.54. The Bertz CT molecular complexity index is 1070. The third-order valence-electron chi connectivity index (χ3n) is 8.28. The topological polar surface area (TPSA) is 94.7 Å². The number of fused-ring (bicyclic) bond motifs is 7. The average Bonchev–Trinajstić information content (AvgIpc) is 3.39. The molecule has 1 fully saturated rings. The molecule has 3 aliphatic carbocycles. The van der Waals surface area contributed by atoms with Gasteiger partial charge in [-0.15, -0.1) is 9.32 Å². The summed E-state index contributed by atoms with van der Waals surface area (Å²) in [5.41, 5.74) is 9.23. The largest absolute Gasteiger partial charge is 0.461 e. The zero-order chi connectivity index (χ0) is 23.9. The molecule has 3 aliphatic rings. The average molecular weight is 488 g/mol. The predicted molar refractivity (Wildman–Crippen MR) is 128 cm³/mol. The number of hydrogen-bond acceptors (Lipinski definition) is 8. The second kappa shape index (κ2) is 9.53. The van der Waals surface area contributed by atoms with Crippen molar-refractivity contribution in [3.8, 4) is 5.75 Å². The lowest BCUT2D eigenvalue weighted by atomic mass is 9.55. The van der Waals surface area contributed by atoms with Crippen molar-refractivity contribution in [3.05, 3.63) is 45.8 Å². The number of hydrogen-bond donors (Lipinski definition) is 2. The van der Waals surface area contributed by atoms with Gasteiger partial charge >= 0.3 is 5.97 Å². The van der Waals surface area contributed by atoms with E-state index < -0.39 is 0 Å². The van der Waals surface area contributed by atoms with Crippen LogP contribution in [0.15, 0.2) is 12.1 Å². The molecule has 1 aromatic carbocycles. The summed E-state index contributed by atoms with van der Waals surface area (Å²) in [6.45, 7) is 6.71. The second-order valence-electron chi connectivity index (χ2n) is 9.74. The number of aromatic amines is 1. The van der Waals surface area contributed by atoms with Crippen LogP contribution in [0, 0.1) is 11.8 Å². The Morgan fingerprint density at radius 2 is 2.18 bits per heavy atom. The van der Waals surface area contributed by atoms with Gasteiger partial charge in [0.25, 0.3) is 12.3 Å². The van der Waals surface area contributed by atoms with Crippen LogP contribution < -0.4 is 9.66 Å². The summed E-state index contributed by atoms with van der Waals surface area (Å²) in [5.74, 6) is 2.14. The minimum absolute atomic E-state index is 0.0314. The first-order chi connectivity index (χ1) is 16.5. The van der Waals surface area contributed by atoms with Crippen molar-refractivity contribution in [1.29, 1.82) is 0 Å². The second-order valence-corrected chi connectivity index (χ2v) is 10.2. The number of aryl methyl sites for hydroxylation is 2. The molecule has 0 saturated heterocycles. The number of nitrogens with one attached hydrogen (secondary N) is 2. The molecule has 34 heavy (non-hydrogen) atoms. The number of H-pyrrole nitrogens is 1. The number of aromatic nitrogens is 2. The predicted octanol–water partition coefficient (Wildman–Crippen LogP) is 4.74. The van der Waals surface area contributed by atoms with Crippen molar-refractivity contribution in [2.45, 2.75) is 70.6 Å². The molecule has 0 radical (unpaired) electrons. The highest BCUT2D eigenvalue weighted by Crippen LogP contribution is 2.60. The van der Waals surface area contributed by atoms with Crippen LogP contribution in [0.5, 0.6) is 5.75 Å². The summed E-state index contributed by atoms with van der Waals surface area (Å²) in [4.78, 5) is 17.2. The lowest BCUT2D eigenvalue weighted by molar-refractivity contribution is -0.241. The molecular weight excluding hydrogens is 454 g/mol.